The van der Waals surface area contributed by atoms with Crippen LogP contribution in [-0.4, -0.2) is 25.3 Å². The molecule has 2 rings (SSSR count). The van der Waals surface area contributed by atoms with Crippen LogP contribution in [0.25, 0.3) is 0 Å². The van der Waals surface area contributed by atoms with E-state index in [2.05, 4.69) is 0 Å². The predicted octanol–water partition coefficient (Wildman–Crippen LogP) is 1.30. The van der Waals surface area contributed by atoms with Crippen LogP contribution in [0.5, 0.6) is 0 Å². The minimum absolute atomic E-state index is 0.0123. The van der Waals surface area contributed by atoms with E-state index in [-0.39, 0.29) is 17.7 Å². The second-order valence-corrected chi connectivity index (χ2v) is 6.09. The first kappa shape index (κ1) is 12.6. The zero-order valence-electron chi connectivity index (χ0n) is 9.93. The van der Waals surface area contributed by atoms with Gasteiger partial charge in [0.25, 0.3) is 10.0 Å². The third-order valence-corrected chi connectivity index (χ3v) is 4.63. The molecular weight excluding hydrogens is 240 g/mol. The molecule has 5 nitrogen and oxygen atoms in total. The number of hydrogen-bond acceptors (Lipinski definition) is 4. The van der Waals surface area contributed by atoms with Gasteiger partial charge in [0.15, 0.2) is 0 Å². The number of nitrogens with two attached hydrogens (primary N) is 1. The Morgan fingerprint density at radius 2 is 2.18 bits per heavy atom. The smallest absolute Gasteiger partial charge is 0.276 e. The molecular formula is C11H18N2O3S. The van der Waals surface area contributed by atoms with E-state index in [9.17, 15) is 8.42 Å². The van der Waals surface area contributed by atoms with Crippen LogP contribution in [0.1, 0.15) is 31.9 Å². The molecule has 0 aliphatic heterocycles. The zero-order valence-corrected chi connectivity index (χ0v) is 10.7. The Labute approximate surface area is 102 Å². The quantitative estimate of drug-likeness (QED) is 0.834. The molecule has 0 bridgehead atoms. The van der Waals surface area contributed by atoms with Gasteiger partial charge in [-0.3, -0.25) is 0 Å². The molecule has 1 fully saturated rings. The fourth-order valence-electron chi connectivity index (χ4n) is 1.80. The fraction of sp³-hybridized carbons (Fsp3) is 0.636. The topological polar surface area (TPSA) is 76.5 Å². The minimum atomic E-state index is -3.48. The second-order valence-electron chi connectivity index (χ2n) is 4.27. The number of furan rings is 1. The number of nitrogens with zero attached hydrogens (tertiary/aromatic N) is 1. The molecule has 0 saturated heterocycles. The van der Waals surface area contributed by atoms with E-state index in [1.165, 1.54) is 6.07 Å². The van der Waals surface area contributed by atoms with Crippen LogP contribution in [0.2, 0.25) is 0 Å². The van der Waals surface area contributed by atoms with Crippen LogP contribution in [0, 0.1) is 0 Å². The first-order valence-corrected chi connectivity index (χ1v) is 7.34. The van der Waals surface area contributed by atoms with Crippen molar-refractivity contribution in [3.05, 3.63) is 17.9 Å². The first-order valence-electron chi connectivity index (χ1n) is 5.90. The monoisotopic (exact) mass is 258 g/mol. The zero-order chi connectivity index (χ0) is 12.5. The van der Waals surface area contributed by atoms with Crippen molar-refractivity contribution in [1.29, 1.82) is 0 Å². The summed E-state index contributed by atoms with van der Waals surface area (Å²) in [5, 5.41) is 0.0123. The molecule has 1 aromatic heterocycles. The summed E-state index contributed by atoms with van der Waals surface area (Å²) in [7, 11) is -3.48. The molecule has 1 heterocycles. The van der Waals surface area contributed by atoms with E-state index in [0.29, 0.717) is 12.3 Å². The van der Waals surface area contributed by atoms with Crippen molar-refractivity contribution < 1.29 is 12.8 Å². The van der Waals surface area contributed by atoms with Crippen molar-refractivity contribution in [2.24, 2.45) is 5.73 Å². The van der Waals surface area contributed by atoms with Gasteiger partial charge < -0.3 is 10.2 Å². The molecule has 0 atom stereocenters. The lowest BCUT2D eigenvalue weighted by atomic mass is 10.5. The highest BCUT2D eigenvalue weighted by molar-refractivity contribution is 7.89. The Morgan fingerprint density at radius 1 is 1.47 bits per heavy atom. The Bertz CT molecular complexity index is 477. The van der Waals surface area contributed by atoms with E-state index in [0.717, 1.165) is 19.3 Å². The van der Waals surface area contributed by atoms with Crippen molar-refractivity contribution in [3.63, 3.8) is 0 Å². The predicted molar refractivity (Wildman–Crippen MR) is 63.8 cm³/mol. The highest BCUT2D eigenvalue weighted by Gasteiger charge is 2.38. The van der Waals surface area contributed by atoms with Crippen molar-refractivity contribution in [1.82, 2.24) is 4.31 Å². The summed E-state index contributed by atoms with van der Waals surface area (Å²) >= 11 is 0. The van der Waals surface area contributed by atoms with E-state index in [1.807, 2.05) is 6.92 Å². The lowest BCUT2D eigenvalue weighted by Crippen LogP contribution is -2.33. The molecule has 6 heteroatoms. The molecule has 96 valence electrons. The first-order chi connectivity index (χ1) is 8.09. The van der Waals surface area contributed by atoms with E-state index < -0.39 is 10.0 Å². The number of sulfonamides is 1. The summed E-state index contributed by atoms with van der Waals surface area (Å²) in [6.45, 7) is 2.73. The molecule has 1 saturated carbocycles. The van der Waals surface area contributed by atoms with Crippen molar-refractivity contribution in [3.8, 4) is 0 Å². The van der Waals surface area contributed by atoms with E-state index in [4.69, 9.17) is 10.2 Å². The fourth-order valence-corrected chi connectivity index (χ4v) is 3.51. The maximum absolute atomic E-state index is 12.3. The van der Waals surface area contributed by atoms with Crippen LogP contribution in [0.3, 0.4) is 0 Å². The van der Waals surface area contributed by atoms with Gasteiger partial charge in [-0.1, -0.05) is 6.92 Å². The average Bonchev–Trinajstić information content (AvgIpc) is 3.01. The van der Waals surface area contributed by atoms with Gasteiger partial charge >= 0.3 is 0 Å². The van der Waals surface area contributed by atoms with Crippen LogP contribution in [0.4, 0.5) is 0 Å². The normalized spacial score (nSPS) is 16.6. The highest BCUT2D eigenvalue weighted by Crippen LogP contribution is 2.32. The van der Waals surface area contributed by atoms with Crippen molar-refractivity contribution >= 4 is 10.0 Å². The lowest BCUT2D eigenvalue weighted by Gasteiger charge is -2.19. The second kappa shape index (κ2) is 4.80. The van der Waals surface area contributed by atoms with Crippen LogP contribution in [-0.2, 0) is 16.6 Å². The maximum Gasteiger partial charge on any atom is 0.276 e. The van der Waals surface area contributed by atoms with Gasteiger partial charge in [0, 0.05) is 12.6 Å². The molecule has 0 amide bonds. The summed E-state index contributed by atoms with van der Waals surface area (Å²) < 4.78 is 31.4. The summed E-state index contributed by atoms with van der Waals surface area (Å²) in [6, 6.07) is 3.26. The molecule has 1 aromatic rings. The number of hydrogen-bond donors (Lipinski definition) is 1. The Hall–Kier alpha value is -0.850. The van der Waals surface area contributed by atoms with Gasteiger partial charge in [-0.25, -0.2) is 8.42 Å². The third kappa shape index (κ3) is 2.53. The summed E-state index contributed by atoms with van der Waals surface area (Å²) in [5.74, 6) is 0.496. The van der Waals surface area contributed by atoms with Gasteiger partial charge in [0.05, 0.1) is 6.54 Å². The molecule has 17 heavy (non-hydrogen) atoms. The Kier molecular flexibility index (Phi) is 3.56. The van der Waals surface area contributed by atoms with Gasteiger partial charge in [0.2, 0.25) is 5.09 Å². The lowest BCUT2D eigenvalue weighted by molar-refractivity contribution is 0.362. The molecule has 1 aliphatic carbocycles. The maximum atomic E-state index is 12.3. The van der Waals surface area contributed by atoms with Gasteiger partial charge in [-0.05, 0) is 31.4 Å². The number of rotatable bonds is 6. The Morgan fingerprint density at radius 3 is 2.65 bits per heavy atom. The van der Waals surface area contributed by atoms with Crippen LogP contribution in [0.15, 0.2) is 21.6 Å². The SMILES string of the molecule is CCCN(C1CC1)S(=O)(=O)c1ccc(CN)o1. The summed E-state index contributed by atoms with van der Waals surface area (Å²) in [6.07, 6.45) is 2.70. The highest BCUT2D eigenvalue weighted by atomic mass is 32.2. The molecule has 0 unspecified atom stereocenters. The van der Waals surface area contributed by atoms with Gasteiger partial charge in [0.1, 0.15) is 5.76 Å². The van der Waals surface area contributed by atoms with Gasteiger partial charge in [-0.2, -0.15) is 4.31 Å². The van der Waals surface area contributed by atoms with Crippen LogP contribution >= 0.6 is 0 Å². The molecule has 0 radical (unpaired) electrons. The average molecular weight is 258 g/mol. The third-order valence-electron chi connectivity index (χ3n) is 2.80. The van der Waals surface area contributed by atoms with E-state index >= 15 is 0 Å². The minimum Gasteiger partial charge on any atom is -0.447 e. The largest absolute Gasteiger partial charge is 0.447 e. The van der Waals surface area contributed by atoms with Gasteiger partial charge in [-0.15, -0.1) is 0 Å². The molecule has 0 spiro atoms. The summed E-state index contributed by atoms with van der Waals surface area (Å²) in [4.78, 5) is 0. The standard InChI is InChI=1S/C11H18N2O3S/c1-2-7-13(9-3-4-9)17(14,15)11-6-5-10(8-12)16-11/h5-6,9H,2-4,7-8,12H2,1H3. The van der Waals surface area contributed by atoms with Crippen molar-refractivity contribution in [2.45, 2.75) is 43.9 Å². The molecule has 0 aromatic carbocycles. The van der Waals surface area contributed by atoms with Crippen LogP contribution < -0.4 is 5.73 Å². The Balaban J connectivity index is 2.26. The molecule has 2 N–H and O–H groups in total. The van der Waals surface area contributed by atoms with Crippen molar-refractivity contribution in [2.75, 3.05) is 6.54 Å². The van der Waals surface area contributed by atoms with E-state index in [1.54, 1.807) is 10.4 Å². The molecule has 1 aliphatic rings. The summed E-state index contributed by atoms with van der Waals surface area (Å²) in [5.41, 5.74) is 5.41.